The lowest BCUT2D eigenvalue weighted by molar-refractivity contribution is 0.245. The quantitative estimate of drug-likeness (QED) is 0.740. The fourth-order valence-corrected chi connectivity index (χ4v) is 4.10. The molecule has 4 nitrogen and oxygen atoms in total. The number of aromatic hydroxyl groups is 1. The van der Waals surface area contributed by atoms with Crippen molar-refractivity contribution < 1.29 is 9.84 Å². The van der Waals surface area contributed by atoms with Crippen LogP contribution in [0.4, 0.5) is 5.69 Å². The number of anilines is 1. The van der Waals surface area contributed by atoms with Crippen LogP contribution in [0.2, 0.25) is 0 Å². The van der Waals surface area contributed by atoms with Crippen LogP contribution in [-0.2, 0) is 17.4 Å². The summed E-state index contributed by atoms with van der Waals surface area (Å²) in [6, 6.07) is 12.6. The van der Waals surface area contributed by atoms with Gasteiger partial charge in [-0.05, 0) is 34.1 Å². The molecule has 4 heteroatoms. The van der Waals surface area contributed by atoms with Gasteiger partial charge in [-0.25, -0.2) is 0 Å². The molecule has 1 saturated heterocycles. The van der Waals surface area contributed by atoms with Gasteiger partial charge in [-0.1, -0.05) is 65.8 Å². The molecule has 0 aliphatic carbocycles. The van der Waals surface area contributed by atoms with E-state index in [9.17, 15) is 5.11 Å². The van der Waals surface area contributed by atoms with Crippen molar-refractivity contribution in [3.63, 3.8) is 0 Å². The normalized spacial score (nSPS) is 16.0. The number of hydrogen-bond donors (Lipinski definition) is 1. The van der Waals surface area contributed by atoms with Crippen molar-refractivity contribution in [3.05, 3.63) is 53.1 Å². The number of hydrogen-bond acceptors (Lipinski definition) is 4. The standard InChI is InChI=1S/C26H38N2O2/c1-25(2,3)20-16-19(24(29)21(17-20)26(4,5)6)18-27-12-14-28(15-13-27)22-10-8-9-11-23(22)30-7/h8-11,16-17,29H,12-15,18H2,1-7H3. The zero-order chi connectivity index (χ0) is 22.1. The van der Waals surface area contributed by atoms with Crippen LogP contribution < -0.4 is 9.64 Å². The molecule has 30 heavy (non-hydrogen) atoms. The van der Waals surface area contributed by atoms with Crippen molar-refractivity contribution in [3.8, 4) is 11.5 Å². The van der Waals surface area contributed by atoms with E-state index in [-0.39, 0.29) is 10.8 Å². The predicted molar refractivity (Wildman–Crippen MR) is 126 cm³/mol. The molecule has 2 aromatic rings. The van der Waals surface area contributed by atoms with Crippen LogP contribution in [0.15, 0.2) is 36.4 Å². The lowest BCUT2D eigenvalue weighted by Gasteiger charge is -2.37. The van der Waals surface area contributed by atoms with Gasteiger partial charge in [-0.2, -0.15) is 0 Å². The van der Waals surface area contributed by atoms with E-state index in [2.05, 4.69) is 75.6 Å². The third-order valence-corrected chi connectivity index (χ3v) is 6.05. The van der Waals surface area contributed by atoms with E-state index in [0.717, 1.165) is 55.3 Å². The topological polar surface area (TPSA) is 35.9 Å². The third-order valence-electron chi connectivity index (χ3n) is 6.05. The van der Waals surface area contributed by atoms with E-state index in [1.807, 2.05) is 12.1 Å². The average Bonchev–Trinajstić information content (AvgIpc) is 2.68. The first-order valence-electron chi connectivity index (χ1n) is 11.0. The maximum atomic E-state index is 11.1. The van der Waals surface area contributed by atoms with Gasteiger partial charge in [-0.15, -0.1) is 0 Å². The summed E-state index contributed by atoms with van der Waals surface area (Å²) in [5, 5.41) is 11.1. The zero-order valence-electron chi connectivity index (χ0n) is 19.7. The van der Waals surface area contributed by atoms with Gasteiger partial charge in [0.05, 0.1) is 12.8 Å². The molecule has 1 heterocycles. The fraction of sp³-hybridized carbons (Fsp3) is 0.538. The highest BCUT2D eigenvalue weighted by atomic mass is 16.5. The van der Waals surface area contributed by atoms with E-state index < -0.39 is 0 Å². The highest BCUT2D eigenvalue weighted by molar-refractivity contribution is 5.58. The molecule has 1 fully saturated rings. The first kappa shape index (κ1) is 22.5. The lowest BCUT2D eigenvalue weighted by atomic mass is 9.79. The number of rotatable bonds is 4. The number of ether oxygens (including phenoxy) is 1. The summed E-state index contributed by atoms with van der Waals surface area (Å²) >= 11 is 0. The minimum atomic E-state index is -0.0946. The molecule has 0 amide bonds. The van der Waals surface area contributed by atoms with Crippen LogP contribution in [0, 0.1) is 0 Å². The molecule has 1 aliphatic heterocycles. The lowest BCUT2D eigenvalue weighted by Crippen LogP contribution is -2.46. The van der Waals surface area contributed by atoms with Gasteiger partial charge in [0.2, 0.25) is 0 Å². The molecule has 1 aliphatic rings. The summed E-state index contributed by atoms with van der Waals surface area (Å²) in [6.07, 6.45) is 0. The summed E-state index contributed by atoms with van der Waals surface area (Å²) in [5.74, 6) is 1.39. The number of para-hydroxylation sites is 2. The maximum absolute atomic E-state index is 11.1. The Morgan fingerprint density at radius 1 is 0.900 bits per heavy atom. The molecule has 1 N–H and O–H groups in total. The van der Waals surface area contributed by atoms with Gasteiger partial charge in [0.1, 0.15) is 11.5 Å². The minimum absolute atomic E-state index is 0.0466. The zero-order valence-corrected chi connectivity index (χ0v) is 19.7. The second-order valence-electron chi connectivity index (χ2n) is 10.5. The van der Waals surface area contributed by atoms with Crippen LogP contribution >= 0.6 is 0 Å². The third kappa shape index (κ3) is 4.92. The van der Waals surface area contributed by atoms with Crippen molar-refractivity contribution in [2.24, 2.45) is 0 Å². The summed E-state index contributed by atoms with van der Waals surface area (Å²) in [4.78, 5) is 4.83. The highest BCUT2D eigenvalue weighted by Crippen LogP contribution is 2.38. The van der Waals surface area contributed by atoms with Crippen molar-refractivity contribution in [1.29, 1.82) is 0 Å². The Morgan fingerprint density at radius 2 is 1.53 bits per heavy atom. The molecule has 164 valence electrons. The second-order valence-corrected chi connectivity index (χ2v) is 10.5. The number of nitrogens with zero attached hydrogens (tertiary/aromatic N) is 2. The van der Waals surface area contributed by atoms with E-state index in [1.165, 1.54) is 5.56 Å². The fourth-order valence-electron chi connectivity index (χ4n) is 4.10. The number of piperazine rings is 1. The Morgan fingerprint density at radius 3 is 2.10 bits per heavy atom. The molecular weight excluding hydrogens is 372 g/mol. The van der Waals surface area contributed by atoms with Gasteiger partial charge in [0.15, 0.2) is 0 Å². The first-order chi connectivity index (χ1) is 14.0. The van der Waals surface area contributed by atoms with E-state index in [0.29, 0.717) is 5.75 Å². The van der Waals surface area contributed by atoms with E-state index in [1.54, 1.807) is 7.11 Å². The molecule has 0 aromatic heterocycles. The van der Waals surface area contributed by atoms with Crippen molar-refractivity contribution in [2.75, 3.05) is 38.2 Å². The Balaban J connectivity index is 1.79. The Bertz CT molecular complexity index is 870. The molecule has 0 saturated carbocycles. The van der Waals surface area contributed by atoms with Crippen LogP contribution in [0.1, 0.15) is 58.2 Å². The highest BCUT2D eigenvalue weighted by Gasteiger charge is 2.26. The van der Waals surface area contributed by atoms with Gasteiger partial charge in [0.25, 0.3) is 0 Å². The molecule has 0 bridgehead atoms. The predicted octanol–water partition coefficient (Wildman–Crippen LogP) is 5.32. The monoisotopic (exact) mass is 410 g/mol. The number of phenolic OH excluding ortho intramolecular Hbond substituents is 1. The van der Waals surface area contributed by atoms with Crippen LogP contribution in [0.3, 0.4) is 0 Å². The largest absolute Gasteiger partial charge is 0.507 e. The second kappa shape index (κ2) is 8.50. The molecule has 2 aromatic carbocycles. The van der Waals surface area contributed by atoms with Crippen LogP contribution in [-0.4, -0.2) is 43.3 Å². The van der Waals surface area contributed by atoms with Crippen molar-refractivity contribution in [1.82, 2.24) is 4.90 Å². The SMILES string of the molecule is COc1ccccc1N1CCN(Cc2cc(C(C)(C)C)cc(C(C)(C)C)c2O)CC1. The molecule has 0 spiro atoms. The summed E-state index contributed by atoms with van der Waals surface area (Å²) in [7, 11) is 1.73. The smallest absolute Gasteiger partial charge is 0.142 e. The van der Waals surface area contributed by atoms with Gasteiger partial charge < -0.3 is 14.7 Å². The minimum Gasteiger partial charge on any atom is -0.507 e. The van der Waals surface area contributed by atoms with Crippen molar-refractivity contribution >= 4 is 5.69 Å². The number of phenols is 1. The molecule has 0 radical (unpaired) electrons. The number of methoxy groups -OCH3 is 1. The van der Waals surface area contributed by atoms with E-state index in [4.69, 9.17) is 4.74 Å². The molecular formula is C26H38N2O2. The Kier molecular flexibility index (Phi) is 6.37. The summed E-state index contributed by atoms with van der Waals surface area (Å²) in [5.41, 5.74) is 4.48. The van der Waals surface area contributed by atoms with Gasteiger partial charge >= 0.3 is 0 Å². The van der Waals surface area contributed by atoms with E-state index >= 15 is 0 Å². The average molecular weight is 411 g/mol. The van der Waals surface area contributed by atoms with Gasteiger partial charge in [0, 0.05) is 38.3 Å². The van der Waals surface area contributed by atoms with Gasteiger partial charge in [-0.3, -0.25) is 4.90 Å². The van der Waals surface area contributed by atoms with Crippen LogP contribution in [0.5, 0.6) is 11.5 Å². The Hall–Kier alpha value is -2.20. The maximum Gasteiger partial charge on any atom is 0.142 e. The molecule has 3 rings (SSSR count). The molecule has 0 unspecified atom stereocenters. The summed E-state index contributed by atoms with van der Waals surface area (Å²) < 4.78 is 5.54. The molecule has 0 atom stereocenters. The van der Waals surface area contributed by atoms with Crippen LogP contribution in [0.25, 0.3) is 0 Å². The van der Waals surface area contributed by atoms with Crippen molar-refractivity contribution in [2.45, 2.75) is 58.9 Å². The number of benzene rings is 2. The summed E-state index contributed by atoms with van der Waals surface area (Å²) in [6.45, 7) is 17.8. The Labute approximate surface area is 182 Å². The first-order valence-corrected chi connectivity index (χ1v) is 11.0.